The van der Waals surface area contributed by atoms with Crippen molar-refractivity contribution in [1.82, 2.24) is 4.90 Å². The zero-order valence-electron chi connectivity index (χ0n) is 11.3. The fourth-order valence-corrected chi connectivity index (χ4v) is 2.79. The van der Waals surface area contributed by atoms with Gasteiger partial charge in [0.2, 0.25) is 11.8 Å². The number of nitrogens with zero attached hydrogens (tertiary/aromatic N) is 1. The zero-order chi connectivity index (χ0) is 14.1. The first-order valence-corrected chi connectivity index (χ1v) is 6.99. The number of anilines is 1. The first-order valence-electron chi connectivity index (χ1n) is 6.99. The number of piperidine rings is 1. The summed E-state index contributed by atoms with van der Waals surface area (Å²) >= 11 is 0. The van der Waals surface area contributed by atoms with Crippen LogP contribution in [-0.2, 0) is 22.4 Å². The number of aliphatic hydroxyl groups excluding tert-OH is 1. The number of nitrogens with one attached hydrogen (secondary N) is 1. The second-order valence-corrected chi connectivity index (χ2v) is 5.51. The molecule has 2 amide bonds. The highest BCUT2D eigenvalue weighted by molar-refractivity contribution is 5.99. The van der Waals surface area contributed by atoms with Crippen LogP contribution in [0.3, 0.4) is 0 Å². The Balaban J connectivity index is 1.65. The van der Waals surface area contributed by atoms with E-state index in [0.29, 0.717) is 38.8 Å². The SMILES string of the molecule is O=C1Cc2cc(CC(=O)N3CCC(O)CC3)ccc2N1. The molecule has 1 aromatic rings. The van der Waals surface area contributed by atoms with E-state index >= 15 is 0 Å². The number of hydrogen-bond acceptors (Lipinski definition) is 3. The molecule has 0 saturated carbocycles. The number of amides is 2. The molecule has 2 aliphatic heterocycles. The van der Waals surface area contributed by atoms with Gasteiger partial charge in [0.25, 0.3) is 0 Å². The van der Waals surface area contributed by atoms with Gasteiger partial charge in [0, 0.05) is 18.8 Å². The minimum absolute atomic E-state index is 0.00787. The van der Waals surface area contributed by atoms with Gasteiger partial charge in [0.1, 0.15) is 0 Å². The van der Waals surface area contributed by atoms with Crippen molar-refractivity contribution < 1.29 is 14.7 Å². The summed E-state index contributed by atoms with van der Waals surface area (Å²) in [5.41, 5.74) is 2.76. The first-order chi connectivity index (χ1) is 9.61. The van der Waals surface area contributed by atoms with Gasteiger partial charge in [-0.25, -0.2) is 0 Å². The molecule has 1 fully saturated rings. The Morgan fingerprint density at radius 1 is 1.35 bits per heavy atom. The summed E-state index contributed by atoms with van der Waals surface area (Å²) < 4.78 is 0. The summed E-state index contributed by atoms with van der Waals surface area (Å²) in [4.78, 5) is 25.3. The Kier molecular flexibility index (Phi) is 3.44. The Hall–Kier alpha value is -1.88. The third-order valence-corrected chi connectivity index (χ3v) is 3.97. The number of carbonyl (C=O) groups is 2. The van der Waals surface area contributed by atoms with Crippen molar-refractivity contribution in [3.05, 3.63) is 29.3 Å². The standard InChI is InChI=1S/C15H18N2O3/c18-12-3-5-17(6-4-12)15(20)8-10-1-2-13-11(7-10)9-14(19)16-13/h1-2,7,12,18H,3-6,8-9H2,(H,16,19). The van der Waals surface area contributed by atoms with E-state index in [2.05, 4.69) is 5.32 Å². The fraction of sp³-hybridized carbons (Fsp3) is 0.467. The van der Waals surface area contributed by atoms with Gasteiger partial charge in [-0.3, -0.25) is 9.59 Å². The fourth-order valence-electron chi connectivity index (χ4n) is 2.79. The van der Waals surface area contributed by atoms with Crippen LogP contribution < -0.4 is 5.32 Å². The van der Waals surface area contributed by atoms with Gasteiger partial charge in [0.05, 0.1) is 18.9 Å². The van der Waals surface area contributed by atoms with Crippen molar-refractivity contribution in [2.24, 2.45) is 0 Å². The lowest BCUT2D eigenvalue weighted by Gasteiger charge is -2.29. The van der Waals surface area contributed by atoms with E-state index in [1.54, 1.807) is 0 Å². The summed E-state index contributed by atoms with van der Waals surface area (Å²) in [6.45, 7) is 1.26. The van der Waals surface area contributed by atoms with E-state index < -0.39 is 0 Å². The summed E-state index contributed by atoms with van der Waals surface area (Å²) in [5.74, 6) is 0.0997. The minimum atomic E-state index is -0.267. The maximum Gasteiger partial charge on any atom is 0.228 e. The highest BCUT2D eigenvalue weighted by Crippen LogP contribution is 2.24. The molecule has 2 aliphatic rings. The van der Waals surface area contributed by atoms with Crippen molar-refractivity contribution in [2.75, 3.05) is 18.4 Å². The summed E-state index contributed by atoms with van der Waals surface area (Å²) in [5, 5.41) is 12.2. The Labute approximate surface area is 117 Å². The number of aliphatic hydroxyl groups is 1. The minimum Gasteiger partial charge on any atom is -0.393 e. The molecule has 0 aromatic heterocycles. The van der Waals surface area contributed by atoms with Crippen LogP contribution in [0.15, 0.2) is 18.2 Å². The van der Waals surface area contributed by atoms with Crippen molar-refractivity contribution in [1.29, 1.82) is 0 Å². The third-order valence-electron chi connectivity index (χ3n) is 3.97. The summed E-state index contributed by atoms with van der Waals surface area (Å²) in [6.07, 6.45) is 1.81. The second-order valence-electron chi connectivity index (χ2n) is 5.51. The Morgan fingerprint density at radius 2 is 2.10 bits per heavy atom. The highest BCUT2D eigenvalue weighted by atomic mass is 16.3. The van der Waals surface area contributed by atoms with Crippen molar-refractivity contribution >= 4 is 17.5 Å². The van der Waals surface area contributed by atoms with Gasteiger partial charge in [-0.1, -0.05) is 12.1 Å². The lowest BCUT2D eigenvalue weighted by molar-refractivity contribution is -0.132. The smallest absolute Gasteiger partial charge is 0.228 e. The van der Waals surface area contributed by atoms with Gasteiger partial charge < -0.3 is 15.3 Å². The van der Waals surface area contributed by atoms with E-state index in [4.69, 9.17) is 0 Å². The van der Waals surface area contributed by atoms with Crippen LogP contribution in [0.2, 0.25) is 0 Å². The molecular formula is C15H18N2O3. The molecule has 106 valence electrons. The largest absolute Gasteiger partial charge is 0.393 e. The second kappa shape index (κ2) is 5.25. The highest BCUT2D eigenvalue weighted by Gasteiger charge is 2.22. The van der Waals surface area contributed by atoms with E-state index in [-0.39, 0.29) is 17.9 Å². The number of rotatable bonds is 2. The number of benzene rings is 1. The molecular weight excluding hydrogens is 256 g/mol. The first kappa shape index (κ1) is 13.1. The molecule has 20 heavy (non-hydrogen) atoms. The maximum atomic E-state index is 12.2. The van der Waals surface area contributed by atoms with Crippen LogP contribution in [0.1, 0.15) is 24.0 Å². The van der Waals surface area contributed by atoms with Crippen molar-refractivity contribution in [3.8, 4) is 0 Å². The molecule has 0 atom stereocenters. The number of carbonyl (C=O) groups excluding carboxylic acids is 2. The van der Waals surface area contributed by atoms with E-state index in [1.165, 1.54) is 0 Å². The molecule has 0 aliphatic carbocycles. The average Bonchev–Trinajstić information content (AvgIpc) is 2.78. The predicted octanol–water partition coefficient (Wildman–Crippen LogP) is 0.707. The van der Waals surface area contributed by atoms with Crippen LogP contribution in [0, 0.1) is 0 Å². The Bertz CT molecular complexity index is 548. The summed E-state index contributed by atoms with van der Waals surface area (Å²) in [6, 6.07) is 5.69. The van der Waals surface area contributed by atoms with Gasteiger partial charge in [0.15, 0.2) is 0 Å². The maximum absolute atomic E-state index is 12.2. The van der Waals surface area contributed by atoms with E-state index in [1.807, 2.05) is 23.1 Å². The molecule has 2 heterocycles. The van der Waals surface area contributed by atoms with Crippen LogP contribution in [0.25, 0.3) is 0 Å². The van der Waals surface area contributed by atoms with Gasteiger partial charge >= 0.3 is 0 Å². The predicted molar refractivity (Wildman–Crippen MR) is 74.3 cm³/mol. The molecule has 3 rings (SSSR count). The van der Waals surface area contributed by atoms with Crippen LogP contribution in [-0.4, -0.2) is 41.0 Å². The number of fused-ring (bicyclic) bond motifs is 1. The molecule has 0 radical (unpaired) electrons. The molecule has 1 saturated heterocycles. The van der Waals surface area contributed by atoms with Crippen molar-refractivity contribution in [2.45, 2.75) is 31.8 Å². The van der Waals surface area contributed by atoms with Gasteiger partial charge in [-0.15, -0.1) is 0 Å². The lowest BCUT2D eigenvalue weighted by Crippen LogP contribution is -2.40. The normalized spacial score (nSPS) is 18.9. The molecule has 0 unspecified atom stereocenters. The van der Waals surface area contributed by atoms with Gasteiger partial charge in [-0.05, 0) is 30.0 Å². The zero-order valence-corrected chi connectivity index (χ0v) is 11.3. The van der Waals surface area contributed by atoms with E-state index in [9.17, 15) is 14.7 Å². The molecule has 5 heteroatoms. The quantitative estimate of drug-likeness (QED) is 0.834. The van der Waals surface area contributed by atoms with Crippen LogP contribution >= 0.6 is 0 Å². The monoisotopic (exact) mass is 274 g/mol. The molecule has 5 nitrogen and oxygen atoms in total. The van der Waals surface area contributed by atoms with Crippen LogP contribution in [0.4, 0.5) is 5.69 Å². The number of hydrogen-bond donors (Lipinski definition) is 2. The molecule has 1 aromatic carbocycles. The van der Waals surface area contributed by atoms with Crippen molar-refractivity contribution in [3.63, 3.8) is 0 Å². The Morgan fingerprint density at radius 3 is 2.85 bits per heavy atom. The molecule has 2 N–H and O–H groups in total. The molecule has 0 spiro atoms. The van der Waals surface area contributed by atoms with Crippen LogP contribution in [0.5, 0.6) is 0 Å². The average molecular weight is 274 g/mol. The molecule has 0 bridgehead atoms. The van der Waals surface area contributed by atoms with E-state index in [0.717, 1.165) is 16.8 Å². The number of likely N-dealkylation sites (tertiary alicyclic amines) is 1. The lowest BCUT2D eigenvalue weighted by atomic mass is 10.0. The van der Waals surface area contributed by atoms with Gasteiger partial charge in [-0.2, -0.15) is 0 Å². The summed E-state index contributed by atoms with van der Waals surface area (Å²) in [7, 11) is 0. The third kappa shape index (κ3) is 2.67. The topological polar surface area (TPSA) is 69.6 Å².